The average molecular weight is 308 g/mol. The third-order valence-corrected chi connectivity index (χ3v) is 4.87. The van der Waals surface area contributed by atoms with Gasteiger partial charge in [-0.05, 0) is 38.3 Å². The molecule has 1 fully saturated rings. The second kappa shape index (κ2) is 7.09. The van der Waals surface area contributed by atoms with Crippen LogP contribution in [0, 0.1) is 13.8 Å². The lowest BCUT2D eigenvalue weighted by atomic mass is 10.1. The number of nitrogens with zero attached hydrogens (tertiary/aromatic N) is 1. The van der Waals surface area contributed by atoms with Gasteiger partial charge in [0, 0.05) is 18.8 Å². The van der Waals surface area contributed by atoms with Crippen LogP contribution in [-0.4, -0.2) is 34.0 Å². The zero-order valence-corrected chi connectivity index (χ0v) is 13.6. The number of rotatable bonds is 3. The van der Waals surface area contributed by atoms with Gasteiger partial charge in [-0.25, -0.2) is 0 Å². The number of hydrogen-bond acceptors (Lipinski definition) is 3. The van der Waals surface area contributed by atoms with E-state index in [9.17, 15) is 4.79 Å². The molecule has 1 heterocycles. The molecule has 1 N–H and O–H groups in total. The highest BCUT2D eigenvalue weighted by molar-refractivity contribution is 8.23. The first-order chi connectivity index (χ1) is 9.56. The van der Waals surface area contributed by atoms with Crippen molar-refractivity contribution in [1.82, 2.24) is 4.90 Å². The van der Waals surface area contributed by atoms with E-state index in [1.807, 2.05) is 26.0 Å². The highest BCUT2D eigenvalue weighted by Crippen LogP contribution is 2.18. The molecule has 1 amide bonds. The van der Waals surface area contributed by atoms with Crippen LogP contribution in [0.1, 0.15) is 24.0 Å². The minimum atomic E-state index is 0.00324. The minimum Gasteiger partial charge on any atom is -0.358 e. The number of carbonyl (C=O) groups excluding carboxylic acids is 1. The van der Waals surface area contributed by atoms with Gasteiger partial charge in [0.1, 0.15) is 4.32 Å². The first-order valence-electron chi connectivity index (χ1n) is 6.85. The predicted octanol–water partition coefficient (Wildman–Crippen LogP) is 3.36. The molecule has 0 aliphatic carbocycles. The van der Waals surface area contributed by atoms with Crippen molar-refractivity contribution >= 4 is 39.9 Å². The van der Waals surface area contributed by atoms with E-state index in [-0.39, 0.29) is 5.91 Å². The lowest BCUT2D eigenvalue weighted by molar-refractivity contribution is -0.113. The fourth-order valence-corrected chi connectivity index (χ4v) is 3.31. The van der Waals surface area contributed by atoms with Crippen molar-refractivity contribution in [3.8, 4) is 0 Å². The largest absolute Gasteiger partial charge is 0.358 e. The Bertz CT molecular complexity index is 511. The van der Waals surface area contributed by atoms with Gasteiger partial charge in [-0.15, -0.1) is 0 Å². The van der Waals surface area contributed by atoms with Gasteiger partial charge in [0.05, 0.1) is 5.75 Å². The van der Waals surface area contributed by atoms with Gasteiger partial charge in [0.2, 0.25) is 5.91 Å². The molecular formula is C15H20N2OS2. The minimum absolute atomic E-state index is 0.00324. The maximum absolute atomic E-state index is 12.0. The third kappa shape index (κ3) is 4.21. The molecule has 5 heteroatoms. The Hall–Kier alpha value is -1.07. The zero-order chi connectivity index (χ0) is 14.5. The molecule has 1 aliphatic heterocycles. The third-order valence-electron chi connectivity index (χ3n) is 3.35. The van der Waals surface area contributed by atoms with Crippen LogP contribution in [-0.2, 0) is 4.79 Å². The van der Waals surface area contributed by atoms with Crippen molar-refractivity contribution in [2.45, 2.75) is 26.7 Å². The summed E-state index contributed by atoms with van der Waals surface area (Å²) >= 11 is 6.80. The van der Waals surface area contributed by atoms with E-state index in [2.05, 4.69) is 16.3 Å². The monoisotopic (exact) mass is 308 g/mol. The van der Waals surface area contributed by atoms with E-state index in [0.717, 1.165) is 28.7 Å². The predicted molar refractivity (Wildman–Crippen MR) is 90.4 cm³/mol. The van der Waals surface area contributed by atoms with Gasteiger partial charge in [0.15, 0.2) is 0 Å². The van der Waals surface area contributed by atoms with Crippen LogP contribution >= 0.6 is 24.0 Å². The van der Waals surface area contributed by atoms with Gasteiger partial charge >= 0.3 is 0 Å². The molecule has 0 aromatic heterocycles. The quantitative estimate of drug-likeness (QED) is 0.868. The van der Waals surface area contributed by atoms with Crippen molar-refractivity contribution in [2.75, 3.05) is 24.2 Å². The number of carbonyl (C=O) groups is 1. The maximum Gasteiger partial charge on any atom is 0.234 e. The number of thioether (sulfide) groups is 1. The summed E-state index contributed by atoms with van der Waals surface area (Å²) in [4.78, 5) is 14.1. The number of hydrogen-bond donors (Lipinski definition) is 1. The molecule has 3 nitrogen and oxygen atoms in total. The first-order valence-corrected chi connectivity index (χ1v) is 8.24. The zero-order valence-electron chi connectivity index (χ0n) is 11.9. The van der Waals surface area contributed by atoms with Crippen molar-refractivity contribution in [3.63, 3.8) is 0 Å². The van der Waals surface area contributed by atoms with E-state index >= 15 is 0 Å². The van der Waals surface area contributed by atoms with Gasteiger partial charge in [-0.3, -0.25) is 4.79 Å². The first kappa shape index (κ1) is 15.3. The fourth-order valence-electron chi connectivity index (χ4n) is 2.26. The Balaban J connectivity index is 1.81. The van der Waals surface area contributed by atoms with Gasteiger partial charge < -0.3 is 10.2 Å². The normalized spacial score (nSPS) is 14.4. The Morgan fingerprint density at radius 3 is 2.70 bits per heavy atom. The Kier molecular flexibility index (Phi) is 5.43. The number of likely N-dealkylation sites (tertiary alicyclic amines) is 1. The van der Waals surface area contributed by atoms with E-state index < -0.39 is 0 Å². The molecule has 0 bridgehead atoms. The molecule has 108 valence electrons. The molecule has 1 aromatic carbocycles. The molecule has 0 unspecified atom stereocenters. The van der Waals surface area contributed by atoms with Crippen LogP contribution in [0.5, 0.6) is 0 Å². The summed E-state index contributed by atoms with van der Waals surface area (Å²) in [6.07, 6.45) is 2.41. The van der Waals surface area contributed by atoms with Crippen molar-refractivity contribution < 1.29 is 4.79 Å². The standard InChI is InChI=1S/C15H20N2OS2/c1-11-5-6-13(12(2)9-11)16-14(18)10-20-15(19)17-7-3-4-8-17/h5-6,9H,3-4,7-8,10H2,1-2H3,(H,16,18). The van der Waals surface area contributed by atoms with Crippen LogP contribution in [0.3, 0.4) is 0 Å². The molecule has 1 aliphatic rings. The van der Waals surface area contributed by atoms with Gasteiger partial charge in [0.25, 0.3) is 0 Å². The van der Waals surface area contributed by atoms with Crippen molar-refractivity contribution in [2.24, 2.45) is 0 Å². The smallest absolute Gasteiger partial charge is 0.234 e. The molecule has 0 saturated carbocycles. The second-order valence-electron chi connectivity index (χ2n) is 5.12. The van der Waals surface area contributed by atoms with Gasteiger partial charge in [-0.2, -0.15) is 0 Å². The molecule has 1 aromatic rings. The number of benzene rings is 1. The van der Waals surface area contributed by atoms with Gasteiger partial charge in [-0.1, -0.05) is 41.7 Å². The van der Waals surface area contributed by atoms with Crippen molar-refractivity contribution in [3.05, 3.63) is 29.3 Å². The molecule has 1 saturated heterocycles. The fraction of sp³-hybridized carbons (Fsp3) is 0.467. The Morgan fingerprint density at radius 2 is 2.05 bits per heavy atom. The van der Waals surface area contributed by atoms with E-state index in [0.29, 0.717) is 5.75 Å². The summed E-state index contributed by atoms with van der Waals surface area (Å²) in [6, 6.07) is 6.02. The molecule has 0 spiro atoms. The molecule has 0 atom stereocenters. The number of amides is 1. The molecular weight excluding hydrogens is 288 g/mol. The van der Waals surface area contributed by atoms with Crippen LogP contribution in [0.25, 0.3) is 0 Å². The number of thiocarbonyl (C=S) groups is 1. The molecule has 20 heavy (non-hydrogen) atoms. The summed E-state index contributed by atoms with van der Waals surface area (Å²) < 4.78 is 0.846. The van der Waals surface area contributed by atoms with Crippen LogP contribution in [0.15, 0.2) is 18.2 Å². The van der Waals surface area contributed by atoms with Crippen molar-refractivity contribution in [1.29, 1.82) is 0 Å². The van der Waals surface area contributed by atoms with E-state index in [1.165, 1.54) is 30.2 Å². The van der Waals surface area contributed by atoms with Crippen LogP contribution < -0.4 is 5.32 Å². The van der Waals surface area contributed by atoms with Crippen LogP contribution in [0.4, 0.5) is 5.69 Å². The van der Waals surface area contributed by atoms with Crippen LogP contribution in [0.2, 0.25) is 0 Å². The maximum atomic E-state index is 12.0. The summed E-state index contributed by atoms with van der Waals surface area (Å²) in [5, 5.41) is 2.95. The lowest BCUT2D eigenvalue weighted by Crippen LogP contribution is -2.25. The topological polar surface area (TPSA) is 32.3 Å². The van der Waals surface area contributed by atoms with E-state index in [4.69, 9.17) is 12.2 Å². The average Bonchev–Trinajstić information content (AvgIpc) is 2.93. The lowest BCUT2D eigenvalue weighted by Gasteiger charge is -2.17. The Morgan fingerprint density at radius 1 is 1.35 bits per heavy atom. The highest BCUT2D eigenvalue weighted by atomic mass is 32.2. The summed E-state index contributed by atoms with van der Waals surface area (Å²) in [7, 11) is 0. The van der Waals surface area contributed by atoms with E-state index in [1.54, 1.807) is 0 Å². The molecule has 0 radical (unpaired) electrons. The summed E-state index contributed by atoms with van der Waals surface area (Å²) in [5.41, 5.74) is 3.17. The number of aryl methyl sites for hydroxylation is 2. The Labute approximate surface area is 130 Å². The highest BCUT2D eigenvalue weighted by Gasteiger charge is 2.16. The number of nitrogens with one attached hydrogen (secondary N) is 1. The second-order valence-corrected chi connectivity index (χ2v) is 6.72. The number of anilines is 1. The summed E-state index contributed by atoms with van der Waals surface area (Å²) in [6.45, 7) is 6.11. The SMILES string of the molecule is Cc1ccc(NC(=O)CSC(=S)N2CCCC2)c(C)c1. The molecule has 2 rings (SSSR count). The summed E-state index contributed by atoms with van der Waals surface area (Å²) in [5.74, 6) is 0.381.